The second kappa shape index (κ2) is 10.7. The van der Waals surface area contributed by atoms with Crippen LogP contribution in [0.5, 0.6) is 0 Å². The second-order valence-corrected chi connectivity index (χ2v) is 8.06. The van der Waals surface area contributed by atoms with E-state index >= 15 is 0 Å². The molecule has 1 heterocycles. The molecule has 1 aromatic rings. The van der Waals surface area contributed by atoms with Crippen molar-refractivity contribution in [3.8, 4) is 0 Å². The van der Waals surface area contributed by atoms with Crippen LogP contribution in [0.4, 0.5) is 4.39 Å². The van der Waals surface area contributed by atoms with E-state index in [1.807, 2.05) is 0 Å². The maximum Gasteiger partial charge on any atom is 0.251 e. The van der Waals surface area contributed by atoms with E-state index in [-0.39, 0.29) is 42.3 Å². The fourth-order valence-corrected chi connectivity index (χ4v) is 4.22. The zero-order valence-corrected chi connectivity index (χ0v) is 16.7. The summed E-state index contributed by atoms with van der Waals surface area (Å²) in [6, 6.07) is 5.24. The lowest BCUT2D eigenvalue weighted by molar-refractivity contribution is -0.132. The van der Waals surface area contributed by atoms with Crippen molar-refractivity contribution in [2.24, 2.45) is 5.92 Å². The molecule has 1 aliphatic carbocycles. The standard InChI is InChI=1S/C22H31FN2O4/c23-17-8-6-16(7-9-17)21(27)24-13-12-18-10-11-19(20(14-26)29-18)25-22(28)15-4-2-1-3-5-15/h6-9,15,18-20,26H,1-5,10-14H2,(H,24,27)(H,25,28)/t18-,19-,20+/m1/s1. The van der Waals surface area contributed by atoms with Gasteiger partial charge in [0, 0.05) is 18.0 Å². The van der Waals surface area contributed by atoms with Crippen LogP contribution in [-0.4, -0.2) is 48.3 Å². The molecule has 0 aromatic heterocycles. The molecule has 3 N–H and O–H groups in total. The molecule has 2 amide bonds. The highest BCUT2D eigenvalue weighted by atomic mass is 19.1. The number of carbonyl (C=O) groups excluding carboxylic acids is 2. The molecule has 1 saturated carbocycles. The molecular weight excluding hydrogens is 375 g/mol. The predicted octanol–water partition coefficient (Wildman–Crippen LogP) is 2.55. The van der Waals surface area contributed by atoms with E-state index in [1.54, 1.807) is 0 Å². The Kier molecular flexibility index (Phi) is 8.00. The number of hydrogen-bond acceptors (Lipinski definition) is 4. The van der Waals surface area contributed by atoms with Crippen molar-refractivity contribution >= 4 is 11.8 Å². The molecule has 29 heavy (non-hydrogen) atoms. The summed E-state index contributed by atoms with van der Waals surface area (Å²) in [6.45, 7) is 0.284. The molecule has 0 unspecified atom stereocenters. The van der Waals surface area contributed by atoms with Crippen LogP contribution in [0.1, 0.15) is 61.7 Å². The van der Waals surface area contributed by atoms with E-state index in [4.69, 9.17) is 4.74 Å². The van der Waals surface area contributed by atoms with Gasteiger partial charge in [0.25, 0.3) is 5.91 Å². The average molecular weight is 406 g/mol. The number of aliphatic hydroxyl groups excluding tert-OH is 1. The van der Waals surface area contributed by atoms with Crippen LogP contribution in [0.2, 0.25) is 0 Å². The third-order valence-corrected chi connectivity index (χ3v) is 5.96. The summed E-state index contributed by atoms with van der Waals surface area (Å²) in [6.07, 6.45) is 6.93. The van der Waals surface area contributed by atoms with Crippen molar-refractivity contribution in [1.82, 2.24) is 10.6 Å². The SMILES string of the molecule is O=C(NCC[C@H]1CC[C@@H](NC(=O)C2CCCCC2)[C@H](CO)O1)c1ccc(F)cc1. The van der Waals surface area contributed by atoms with Crippen molar-refractivity contribution < 1.29 is 23.8 Å². The Morgan fingerprint density at radius 3 is 2.48 bits per heavy atom. The number of nitrogens with one attached hydrogen (secondary N) is 2. The molecule has 3 atom stereocenters. The lowest BCUT2D eigenvalue weighted by Gasteiger charge is -2.37. The Bertz CT molecular complexity index is 676. The van der Waals surface area contributed by atoms with Gasteiger partial charge in [-0.15, -0.1) is 0 Å². The van der Waals surface area contributed by atoms with Gasteiger partial charge in [0.1, 0.15) is 11.9 Å². The van der Waals surface area contributed by atoms with Gasteiger partial charge in [-0.2, -0.15) is 0 Å². The molecular formula is C22H31FN2O4. The molecule has 0 spiro atoms. The summed E-state index contributed by atoms with van der Waals surface area (Å²) >= 11 is 0. The van der Waals surface area contributed by atoms with Gasteiger partial charge in [-0.05, 0) is 56.4 Å². The Morgan fingerprint density at radius 1 is 1.07 bits per heavy atom. The van der Waals surface area contributed by atoms with Crippen LogP contribution in [0.15, 0.2) is 24.3 Å². The zero-order chi connectivity index (χ0) is 20.6. The van der Waals surface area contributed by atoms with E-state index < -0.39 is 6.10 Å². The molecule has 6 nitrogen and oxygen atoms in total. The van der Waals surface area contributed by atoms with Gasteiger partial charge in [0.2, 0.25) is 5.91 Å². The van der Waals surface area contributed by atoms with Crippen LogP contribution in [-0.2, 0) is 9.53 Å². The normalized spacial score (nSPS) is 25.4. The molecule has 0 bridgehead atoms. The summed E-state index contributed by atoms with van der Waals surface area (Å²) in [5.41, 5.74) is 0.412. The highest BCUT2D eigenvalue weighted by Gasteiger charge is 2.33. The number of amides is 2. The van der Waals surface area contributed by atoms with Crippen LogP contribution in [0.3, 0.4) is 0 Å². The van der Waals surface area contributed by atoms with E-state index in [2.05, 4.69) is 10.6 Å². The van der Waals surface area contributed by atoms with Crippen molar-refractivity contribution in [2.75, 3.05) is 13.2 Å². The quantitative estimate of drug-likeness (QED) is 0.649. The minimum atomic E-state index is -0.422. The van der Waals surface area contributed by atoms with Crippen molar-refractivity contribution in [3.05, 3.63) is 35.6 Å². The maximum atomic E-state index is 12.9. The smallest absolute Gasteiger partial charge is 0.251 e. The van der Waals surface area contributed by atoms with E-state index in [1.165, 1.54) is 30.7 Å². The number of ether oxygens (including phenoxy) is 1. The summed E-state index contributed by atoms with van der Waals surface area (Å²) in [7, 11) is 0. The van der Waals surface area contributed by atoms with Gasteiger partial charge in [-0.25, -0.2) is 4.39 Å². The number of hydrogen-bond donors (Lipinski definition) is 3. The highest BCUT2D eigenvalue weighted by Crippen LogP contribution is 2.26. The Labute approximate surface area is 171 Å². The van der Waals surface area contributed by atoms with E-state index in [0.29, 0.717) is 18.5 Å². The molecule has 2 fully saturated rings. The first kappa shape index (κ1) is 21.7. The van der Waals surface area contributed by atoms with Crippen LogP contribution >= 0.6 is 0 Å². The zero-order valence-electron chi connectivity index (χ0n) is 16.7. The average Bonchev–Trinajstić information content (AvgIpc) is 2.75. The largest absolute Gasteiger partial charge is 0.394 e. The van der Waals surface area contributed by atoms with Gasteiger partial charge in [0.15, 0.2) is 0 Å². The van der Waals surface area contributed by atoms with Gasteiger partial charge < -0.3 is 20.5 Å². The predicted molar refractivity (Wildman–Crippen MR) is 107 cm³/mol. The minimum absolute atomic E-state index is 0.0801. The molecule has 1 saturated heterocycles. The minimum Gasteiger partial charge on any atom is -0.394 e. The summed E-state index contributed by atoms with van der Waals surface area (Å²) in [4.78, 5) is 24.6. The van der Waals surface area contributed by atoms with E-state index in [9.17, 15) is 19.1 Å². The monoisotopic (exact) mass is 406 g/mol. The lowest BCUT2D eigenvalue weighted by atomic mass is 9.88. The molecule has 3 rings (SSSR count). The van der Waals surface area contributed by atoms with Crippen molar-refractivity contribution in [2.45, 2.75) is 69.6 Å². The summed E-state index contributed by atoms with van der Waals surface area (Å²) < 4.78 is 18.9. The van der Waals surface area contributed by atoms with Crippen LogP contribution in [0, 0.1) is 11.7 Å². The molecule has 1 aliphatic heterocycles. The van der Waals surface area contributed by atoms with Gasteiger partial charge in [-0.3, -0.25) is 9.59 Å². The Balaban J connectivity index is 1.41. The first-order valence-corrected chi connectivity index (χ1v) is 10.7. The fourth-order valence-electron chi connectivity index (χ4n) is 4.22. The molecule has 2 aliphatic rings. The third-order valence-electron chi connectivity index (χ3n) is 5.96. The van der Waals surface area contributed by atoms with Gasteiger partial charge in [-0.1, -0.05) is 19.3 Å². The molecule has 160 valence electrons. The van der Waals surface area contributed by atoms with E-state index in [0.717, 1.165) is 38.5 Å². The van der Waals surface area contributed by atoms with Crippen molar-refractivity contribution in [1.29, 1.82) is 0 Å². The summed E-state index contributed by atoms with van der Waals surface area (Å²) in [5.74, 6) is -0.460. The number of carbonyl (C=O) groups is 2. The molecule has 1 aromatic carbocycles. The van der Waals surface area contributed by atoms with Crippen LogP contribution in [0.25, 0.3) is 0 Å². The number of rotatable bonds is 7. The second-order valence-electron chi connectivity index (χ2n) is 8.06. The Morgan fingerprint density at radius 2 is 1.79 bits per heavy atom. The number of halogens is 1. The molecule has 7 heteroatoms. The highest BCUT2D eigenvalue weighted by molar-refractivity contribution is 5.94. The number of aliphatic hydroxyl groups is 1. The number of benzene rings is 1. The third kappa shape index (κ3) is 6.24. The van der Waals surface area contributed by atoms with Crippen LogP contribution < -0.4 is 10.6 Å². The Hall–Kier alpha value is -1.99. The lowest BCUT2D eigenvalue weighted by Crippen LogP contribution is -2.52. The van der Waals surface area contributed by atoms with Crippen molar-refractivity contribution in [3.63, 3.8) is 0 Å². The fraction of sp³-hybridized carbons (Fsp3) is 0.636. The topological polar surface area (TPSA) is 87.7 Å². The molecule has 0 radical (unpaired) electrons. The van der Waals surface area contributed by atoms with Gasteiger partial charge >= 0.3 is 0 Å². The first-order valence-electron chi connectivity index (χ1n) is 10.7. The van der Waals surface area contributed by atoms with Gasteiger partial charge in [0.05, 0.1) is 18.8 Å². The summed E-state index contributed by atoms with van der Waals surface area (Å²) in [5, 5.41) is 15.6. The maximum absolute atomic E-state index is 12.9. The first-order chi connectivity index (χ1) is 14.1.